The van der Waals surface area contributed by atoms with Crippen molar-refractivity contribution in [3.63, 3.8) is 0 Å². The molecule has 0 fully saturated rings. The van der Waals surface area contributed by atoms with Crippen LogP contribution in [-0.4, -0.2) is 10.7 Å². The first-order valence-electron chi connectivity index (χ1n) is 6.28. The van der Waals surface area contributed by atoms with E-state index in [1.807, 2.05) is 13.8 Å². The Morgan fingerprint density at radius 1 is 1.50 bits per heavy atom. The molecule has 0 aliphatic heterocycles. The predicted molar refractivity (Wildman–Crippen MR) is 70.2 cm³/mol. The Kier molecular flexibility index (Phi) is 3.69. The highest BCUT2D eigenvalue weighted by Crippen LogP contribution is 2.45. The van der Waals surface area contributed by atoms with Gasteiger partial charge in [-0.1, -0.05) is 45.1 Å². The maximum atomic E-state index is 10.1. The van der Waals surface area contributed by atoms with Crippen molar-refractivity contribution < 1.29 is 5.11 Å². The fourth-order valence-corrected chi connectivity index (χ4v) is 2.58. The molecule has 0 heterocycles. The normalized spacial score (nSPS) is 29.1. The van der Waals surface area contributed by atoms with Crippen LogP contribution in [0.25, 0.3) is 0 Å². The van der Waals surface area contributed by atoms with Gasteiger partial charge in [-0.3, -0.25) is 0 Å². The van der Waals surface area contributed by atoms with E-state index >= 15 is 0 Å². The first-order chi connectivity index (χ1) is 7.18. The molecule has 0 aromatic heterocycles. The van der Waals surface area contributed by atoms with E-state index in [1.165, 1.54) is 5.57 Å². The van der Waals surface area contributed by atoms with Crippen LogP contribution in [0.5, 0.6) is 0 Å². The van der Waals surface area contributed by atoms with Crippen molar-refractivity contribution >= 4 is 0 Å². The van der Waals surface area contributed by atoms with Crippen LogP contribution in [0.4, 0.5) is 0 Å². The molecule has 1 N–H and O–H groups in total. The van der Waals surface area contributed by atoms with Crippen molar-refractivity contribution in [2.45, 2.75) is 53.1 Å². The van der Waals surface area contributed by atoms with Crippen LogP contribution in [0, 0.1) is 17.3 Å². The van der Waals surface area contributed by atoms with Crippen molar-refractivity contribution in [1.82, 2.24) is 0 Å². The second-order valence-corrected chi connectivity index (χ2v) is 6.24. The van der Waals surface area contributed by atoms with Crippen LogP contribution >= 0.6 is 0 Å². The van der Waals surface area contributed by atoms with Gasteiger partial charge in [0.25, 0.3) is 0 Å². The van der Waals surface area contributed by atoms with E-state index in [0.29, 0.717) is 5.92 Å². The molecule has 1 rings (SSSR count). The molecule has 0 amide bonds. The van der Waals surface area contributed by atoms with Gasteiger partial charge in [0.15, 0.2) is 0 Å². The van der Waals surface area contributed by atoms with E-state index < -0.39 is 5.60 Å². The molecular formula is C15H26O. The van der Waals surface area contributed by atoms with Gasteiger partial charge < -0.3 is 5.11 Å². The Bertz CT molecular complexity index is 291. The zero-order chi connectivity index (χ0) is 12.6. The summed E-state index contributed by atoms with van der Waals surface area (Å²) in [5.41, 5.74) is 0.859. The minimum Gasteiger partial charge on any atom is -0.390 e. The van der Waals surface area contributed by atoms with Gasteiger partial charge in [-0.15, -0.1) is 0 Å². The van der Waals surface area contributed by atoms with Gasteiger partial charge in [0.05, 0.1) is 5.60 Å². The van der Waals surface area contributed by atoms with Crippen molar-refractivity contribution in [2.75, 3.05) is 0 Å². The van der Waals surface area contributed by atoms with Gasteiger partial charge in [-0.25, -0.2) is 0 Å². The standard InChI is InChI=1S/C15H26O/c1-7-11(2)13-10-12(15(5,6)16)8-9-14(13,3)4/h8-9,12-13,16H,2,7,10H2,1,3-6H3. The van der Waals surface area contributed by atoms with E-state index in [9.17, 15) is 5.11 Å². The molecular weight excluding hydrogens is 196 g/mol. The first kappa shape index (κ1) is 13.5. The number of hydrogen-bond donors (Lipinski definition) is 1. The Hall–Kier alpha value is -0.560. The fourth-order valence-electron chi connectivity index (χ4n) is 2.58. The molecule has 0 aromatic rings. The molecule has 1 aliphatic carbocycles. The van der Waals surface area contributed by atoms with Crippen LogP contribution < -0.4 is 0 Å². The highest BCUT2D eigenvalue weighted by molar-refractivity contribution is 5.18. The second kappa shape index (κ2) is 4.37. The van der Waals surface area contributed by atoms with Crippen LogP contribution in [0.3, 0.4) is 0 Å². The summed E-state index contributed by atoms with van der Waals surface area (Å²) in [5.74, 6) is 0.729. The van der Waals surface area contributed by atoms with Gasteiger partial charge in [0.1, 0.15) is 0 Å². The van der Waals surface area contributed by atoms with Crippen molar-refractivity contribution in [3.05, 3.63) is 24.3 Å². The highest BCUT2D eigenvalue weighted by Gasteiger charge is 2.38. The zero-order valence-corrected chi connectivity index (χ0v) is 11.4. The van der Waals surface area contributed by atoms with Gasteiger partial charge >= 0.3 is 0 Å². The Morgan fingerprint density at radius 2 is 2.06 bits per heavy atom. The third kappa shape index (κ3) is 2.76. The molecule has 1 aliphatic rings. The van der Waals surface area contributed by atoms with Gasteiger partial charge in [-0.2, -0.15) is 0 Å². The van der Waals surface area contributed by atoms with Gasteiger partial charge in [0.2, 0.25) is 0 Å². The Balaban J connectivity index is 2.94. The van der Waals surface area contributed by atoms with E-state index in [-0.39, 0.29) is 11.3 Å². The van der Waals surface area contributed by atoms with Crippen LogP contribution in [0.1, 0.15) is 47.5 Å². The third-order valence-corrected chi connectivity index (χ3v) is 4.00. The first-order valence-corrected chi connectivity index (χ1v) is 6.28. The number of aliphatic hydroxyl groups is 1. The SMILES string of the molecule is C=C(CC)C1CC(C(C)(C)O)C=CC1(C)C. The summed E-state index contributed by atoms with van der Waals surface area (Å²) in [6.45, 7) is 14.7. The minimum atomic E-state index is -0.626. The summed E-state index contributed by atoms with van der Waals surface area (Å²) in [4.78, 5) is 0. The molecule has 0 bridgehead atoms. The second-order valence-electron chi connectivity index (χ2n) is 6.24. The van der Waals surface area contributed by atoms with Crippen LogP contribution in [0.2, 0.25) is 0 Å². The maximum Gasteiger partial charge on any atom is 0.0654 e. The molecule has 16 heavy (non-hydrogen) atoms. The Labute approximate surface area is 100 Å². The summed E-state index contributed by atoms with van der Waals surface area (Å²) in [6, 6.07) is 0. The maximum absolute atomic E-state index is 10.1. The van der Waals surface area contributed by atoms with E-state index in [1.54, 1.807) is 0 Å². The molecule has 1 nitrogen and oxygen atoms in total. The monoisotopic (exact) mass is 222 g/mol. The molecule has 0 saturated heterocycles. The molecule has 1 heteroatoms. The zero-order valence-electron chi connectivity index (χ0n) is 11.4. The molecule has 0 radical (unpaired) electrons. The van der Waals surface area contributed by atoms with Crippen molar-refractivity contribution in [1.29, 1.82) is 0 Å². The predicted octanol–water partition coefficient (Wildman–Crippen LogP) is 3.94. The highest BCUT2D eigenvalue weighted by atomic mass is 16.3. The number of rotatable bonds is 3. The summed E-state index contributed by atoms with van der Waals surface area (Å²) < 4.78 is 0. The average Bonchev–Trinajstić information content (AvgIpc) is 2.14. The molecule has 2 unspecified atom stereocenters. The molecule has 0 spiro atoms. The minimum absolute atomic E-state index is 0.175. The summed E-state index contributed by atoms with van der Waals surface area (Å²) in [6.07, 6.45) is 6.48. The van der Waals surface area contributed by atoms with Gasteiger partial charge in [-0.05, 0) is 38.0 Å². The lowest BCUT2D eigenvalue weighted by Gasteiger charge is -2.42. The van der Waals surface area contributed by atoms with Crippen molar-refractivity contribution in [3.8, 4) is 0 Å². The lowest BCUT2D eigenvalue weighted by atomic mass is 9.64. The fraction of sp³-hybridized carbons (Fsp3) is 0.733. The quantitative estimate of drug-likeness (QED) is 0.717. The largest absolute Gasteiger partial charge is 0.390 e. The lowest BCUT2D eigenvalue weighted by Crippen LogP contribution is -2.38. The summed E-state index contributed by atoms with van der Waals surface area (Å²) in [7, 11) is 0. The van der Waals surface area contributed by atoms with E-state index in [4.69, 9.17) is 0 Å². The van der Waals surface area contributed by atoms with Crippen LogP contribution in [0.15, 0.2) is 24.3 Å². The Morgan fingerprint density at radius 3 is 2.50 bits per heavy atom. The summed E-state index contributed by atoms with van der Waals surface area (Å²) in [5, 5.41) is 10.1. The van der Waals surface area contributed by atoms with E-state index in [2.05, 4.69) is 39.5 Å². The lowest BCUT2D eigenvalue weighted by molar-refractivity contribution is 0.0182. The molecule has 0 aromatic carbocycles. The topological polar surface area (TPSA) is 20.2 Å². The molecule has 0 saturated carbocycles. The number of hydrogen-bond acceptors (Lipinski definition) is 1. The van der Waals surface area contributed by atoms with Gasteiger partial charge in [0, 0.05) is 5.92 Å². The molecule has 92 valence electrons. The number of allylic oxidation sites excluding steroid dienone is 2. The van der Waals surface area contributed by atoms with Crippen LogP contribution in [-0.2, 0) is 0 Å². The molecule has 2 atom stereocenters. The third-order valence-electron chi connectivity index (χ3n) is 4.00. The van der Waals surface area contributed by atoms with E-state index in [0.717, 1.165) is 12.8 Å². The summed E-state index contributed by atoms with van der Waals surface area (Å²) >= 11 is 0. The smallest absolute Gasteiger partial charge is 0.0654 e. The van der Waals surface area contributed by atoms with Crippen molar-refractivity contribution in [2.24, 2.45) is 17.3 Å². The average molecular weight is 222 g/mol.